The van der Waals surface area contributed by atoms with Gasteiger partial charge in [0.15, 0.2) is 0 Å². The number of hydrogen-bond acceptors (Lipinski definition) is 6. The molecule has 0 aromatic carbocycles. The van der Waals surface area contributed by atoms with Crippen LogP contribution in [0.1, 0.15) is 32.1 Å². The molecule has 0 amide bonds. The average molecular weight is 295 g/mol. The van der Waals surface area contributed by atoms with Crippen molar-refractivity contribution in [2.24, 2.45) is 0 Å². The van der Waals surface area contributed by atoms with Gasteiger partial charge in [-0.25, -0.2) is 13.1 Å². The molecule has 8 heteroatoms. The van der Waals surface area contributed by atoms with Gasteiger partial charge in [-0.15, -0.1) is 0 Å². The second-order valence-corrected chi connectivity index (χ2v) is 5.85. The quantitative estimate of drug-likeness (QED) is 0.457. The minimum absolute atomic E-state index is 0.159. The Morgan fingerprint density at radius 3 is 2.11 bits per heavy atom. The van der Waals surface area contributed by atoms with Crippen molar-refractivity contribution >= 4 is 22.0 Å². The monoisotopic (exact) mass is 295 g/mol. The van der Waals surface area contributed by atoms with E-state index < -0.39 is 16.0 Å². The molecule has 0 radical (unpaired) electrons. The van der Waals surface area contributed by atoms with E-state index in [-0.39, 0.29) is 18.1 Å². The molecule has 0 heterocycles. The normalized spacial score (nSPS) is 11.1. The second kappa shape index (κ2) is 9.74. The number of hydrogen-bond donors (Lipinski definition) is 1. The Balaban J connectivity index is 3.64. The highest BCUT2D eigenvalue weighted by Crippen LogP contribution is 2.01. The van der Waals surface area contributed by atoms with Gasteiger partial charge in [0, 0.05) is 13.0 Å². The van der Waals surface area contributed by atoms with Crippen LogP contribution < -0.4 is 4.72 Å². The molecule has 1 N–H and O–H groups in total. The van der Waals surface area contributed by atoms with Gasteiger partial charge in [0.25, 0.3) is 0 Å². The maximum atomic E-state index is 11.4. The fourth-order valence-corrected chi connectivity index (χ4v) is 2.33. The zero-order valence-corrected chi connectivity index (χ0v) is 12.1. The highest BCUT2D eigenvalue weighted by molar-refractivity contribution is 7.89. The summed E-state index contributed by atoms with van der Waals surface area (Å²) in [5, 5.41) is 0. The number of methoxy groups -OCH3 is 2. The van der Waals surface area contributed by atoms with Crippen molar-refractivity contribution < 1.29 is 27.5 Å². The molecule has 0 saturated carbocycles. The van der Waals surface area contributed by atoms with Gasteiger partial charge in [-0.3, -0.25) is 9.59 Å². The lowest BCUT2D eigenvalue weighted by Gasteiger charge is -2.05. The molecule has 0 aromatic rings. The molecule has 0 atom stereocenters. The Bertz CT molecular complexity index is 379. The maximum Gasteiger partial charge on any atom is 0.306 e. The molecular weight excluding hydrogens is 274 g/mol. The van der Waals surface area contributed by atoms with Crippen LogP contribution in [0, 0.1) is 0 Å². The molecular formula is C11H21NO6S. The van der Waals surface area contributed by atoms with Crippen molar-refractivity contribution in [1.29, 1.82) is 0 Å². The Kier molecular flexibility index (Phi) is 9.15. The van der Waals surface area contributed by atoms with Crippen LogP contribution in [-0.4, -0.2) is 46.9 Å². The summed E-state index contributed by atoms with van der Waals surface area (Å²) in [5.74, 6) is -1.09. The van der Waals surface area contributed by atoms with Crippen molar-refractivity contribution in [2.75, 3.05) is 26.5 Å². The minimum Gasteiger partial charge on any atom is -0.469 e. The van der Waals surface area contributed by atoms with Gasteiger partial charge in [-0.05, 0) is 12.8 Å². The van der Waals surface area contributed by atoms with Crippen molar-refractivity contribution in [3.05, 3.63) is 0 Å². The van der Waals surface area contributed by atoms with Crippen molar-refractivity contribution in [3.8, 4) is 0 Å². The molecule has 0 spiro atoms. The maximum absolute atomic E-state index is 11.4. The number of nitrogens with one attached hydrogen (secondary N) is 1. The molecule has 0 rings (SSSR count). The van der Waals surface area contributed by atoms with Gasteiger partial charge < -0.3 is 9.47 Å². The molecule has 7 nitrogen and oxygen atoms in total. The Morgan fingerprint density at radius 2 is 1.53 bits per heavy atom. The molecule has 0 saturated heterocycles. The molecule has 0 unspecified atom stereocenters. The Morgan fingerprint density at radius 1 is 0.947 bits per heavy atom. The van der Waals surface area contributed by atoms with Crippen LogP contribution in [0.25, 0.3) is 0 Å². The van der Waals surface area contributed by atoms with Gasteiger partial charge >= 0.3 is 11.9 Å². The van der Waals surface area contributed by atoms with Crippen molar-refractivity contribution in [3.63, 3.8) is 0 Å². The summed E-state index contributed by atoms with van der Waals surface area (Å²) in [7, 11) is -0.894. The van der Waals surface area contributed by atoms with Gasteiger partial charge in [0.1, 0.15) is 0 Å². The fraction of sp³-hybridized carbons (Fsp3) is 0.818. The second-order valence-electron chi connectivity index (χ2n) is 3.93. The first kappa shape index (κ1) is 17.8. The first-order chi connectivity index (χ1) is 8.91. The molecule has 112 valence electrons. The highest BCUT2D eigenvalue weighted by Gasteiger charge is 2.12. The third-order valence-electron chi connectivity index (χ3n) is 2.41. The summed E-state index contributed by atoms with van der Waals surface area (Å²) >= 11 is 0. The predicted molar refractivity (Wildman–Crippen MR) is 68.9 cm³/mol. The van der Waals surface area contributed by atoms with E-state index in [4.69, 9.17) is 0 Å². The first-order valence-corrected chi connectivity index (χ1v) is 7.67. The van der Waals surface area contributed by atoms with E-state index in [0.29, 0.717) is 25.8 Å². The lowest BCUT2D eigenvalue weighted by atomic mass is 10.2. The van der Waals surface area contributed by atoms with Crippen LogP contribution in [-0.2, 0) is 29.1 Å². The zero-order valence-electron chi connectivity index (χ0n) is 11.3. The van der Waals surface area contributed by atoms with E-state index in [0.717, 1.165) is 6.42 Å². The fourth-order valence-electron chi connectivity index (χ4n) is 1.29. The molecule has 0 aliphatic rings. The summed E-state index contributed by atoms with van der Waals surface area (Å²) in [6, 6.07) is 0. The van der Waals surface area contributed by atoms with Crippen molar-refractivity contribution in [1.82, 2.24) is 4.72 Å². The van der Waals surface area contributed by atoms with Gasteiger partial charge in [0.2, 0.25) is 10.0 Å². The van der Waals surface area contributed by atoms with E-state index in [1.54, 1.807) is 0 Å². The highest BCUT2D eigenvalue weighted by atomic mass is 32.2. The summed E-state index contributed by atoms with van der Waals surface area (Å²) in [4.78, 5) is 21.6. The number of rotatable bonds is 10. The summed E-state index contributed by atoms with van der Waals surface area (Å²) < 4.78 is 34.1. The molecule has 0 bridgehead atoms. The van der Waals surface area contributed by atoms with Gasteiger partial charge in [-0.2, -0.15) is 0 Å². The third kappa shape index (κ3) is 10.5. The molecule has 0 aromatic heterocycles. The Labute approximate surface area is 113 Å². The molecule has 0 fully saturated rings. The van der Waals surface area contributed by atoms with E-state index >= 15 is 0 Å². The van der Waals surface area contributed by atoms with Crippen LogP contribution in [0.5, 0.6) is 0 Å². The number of carbonyl (C=O) groups is 2. The lowest BCUT2D eigenvalue weighted by molar-refractivity contribution is -0.141. The van der Waals surface area contributed by atoms with Crippen LogP contribution in [0.3, 0.4) is 0 Å². The van der Waals surface area contributed by atoms with Crippen LogP contribution in [0.15, 0.2) is 0 Å². The van der Waals surface area contributed by atoms with Gasteiger partial charge in [0.05, 0.1) is 26.4 Å². The topological polar surface area (TPSA) is 98.8 Å². The van der Waals surface area contributed by atoms with Crippen LogP contribution >= 0.6 is 0 Å². The summed E-state index contributed by atoms with van der Waals surface area (Å²) in [5.41, 5.74) is 0. The number of carbonyl (C=O) groups excluding carboxylic acids is 2. The number of esters is 2. The standard InChI is InChI=1S/C11H21NO6S/c1-17-10(13)6-4-3-5-8-12-19(15,16)9-7-11(14)18-2/h12H,3-9H2,1-2H3. The number of sulfonamides is 1. The molecule has 0 aliphatic carbocycles. The minimum atomic E-state index is -3.44. The third-order valence-corrected chi connectivity index (χ3v) is 3.80. The van der Waals surface area contributed by atoms with Gasteiger partial charge in [-0.1, -0.05) is 6.42 Å². The molecule has 19 heavy (non-hydrogen) atoms. The smallest absolute Gasteiger partial charge is 0.306 e. The first-order valence-electron chi connectivity index (χ1n) is 6.02. The van der Waals surface area contributed by atoms with E-state index in [1.807, 2.05) is 0 Å². The summed E-state index contributed by atoms with van der Waals surface area (Å²) in [6.45, 7) is 0.296. The van der Waals surface area contributed by atoms with Crippen LogP contribution in [0.4, 0.5) is 0 Å². The SMILES string of the molecule is COC(=O)CCCCCNS(=O)(=O)CCC(=O)OC. The van der Waals surface area contributed by atoms with E-state index in [2.05, 4.69) is 14.2 Å². The van der Waals surface area contributed by atoms with Crippen LogP contribution in [0.2, 0.25) is 0 Å². The predicted octanol–water partition coefficient (Wildman–Crippen LogP) is 0.202. The molecule has 0 aliphatic heterocycles. The van der Waals surface area contributed by atoms with E-state index in [1.165, 1.54) is 14.2 Å². The number of unbranched alkanes of at least 4 members (excludes halogenated alkanes) is 2. The van der Waals surface area contributed by atoms with Crippen molar-refractivity contribution in [2.45, 2.75) is 32.1 Å². The largest absolute Gasteiger partial charge is 0.469 e. The Hall–Kier alpha value is -1.15. The van der Waals surface area contributed by atoms with E-state index in [9.17, 15) is 18.0 Å². The lowest BCUT2D eigenvalue weighted by Crippen LogP contribution is -2.28. The summed E-state index contributed by atoms with van der Waals surface area (Å²) in [6.07, 6.45) is 2.21. The number of ether oxygens (including phenoxy) is 2. The zero-order chi connectivity index (χ0) is 14.7. The average Bonchev–Trinajstić information content (AvgIpc) is 2.39.